The van der Waals surface area contributed by atoms with E-state index in [4.69, 9.17) is 4.42 Å². The normalized spacial score (nSPS) is 15.5. The van der Waals surface area contributed by atoms with E-state index in [9.17, 15) is 9.90 Å². The number of thioether (sulfide) groups is 1. The molecule has 1 amide bonds. The Morgan fingerprint density at radius 3 is 2.69 bits per heavy atom. The first-order valence-corrected chi connectivity index (χ1v) is 9.73. The lowest BCUT2D eigenvalue weighted by atomic mass is 10.0. The van der Waals surface area contributed by atoms with Gasteiger partial charge in [0.05, 0.1) is 6.10 Å². The van der Waals surface area contributed by atoms with Gasteiger partial charge in [0, 0.05) is 24.4 Å². The minimum absolute atomic E-state index is 0.0330. The van der Waals surface area contributed by atoms with Crippen LogP contribution in [0.2, 0.25) is 0 Å². The molecule has 0 radical (unpaired) electrons. The lowest BCUT2D eigenvalue weighted by molar-refractivity contribution is 0.0546. The number of para-hydroxylation sites is 2. The largest absolute Gasteiger partial charge is 0.431 e. The third-order valence-corrected chi connectivity index (χ3v) is 5.50. The molecule has 6 heteroatoms. The highest BCUT2D eigenvalue weighted by Gasteiger charge is 2.23. The van der Waals surface area contributed by atoms with Gasteiger partial charge in [0.1, 0.15) is 5.52 Å². The van der Waals surface area contributed by atoms with E-state index in [-0.39, 0.29) is 12.0 Å². The highest BCUT2D eigenvalue weighted by molar-refractivity contribution is 7.98. The summed E-state index contributed by atoms with van der Waals surface area (Å²) in [5, 5.41) is 10.3. The Morgan fingerprint density at radius 1 is 1.15 bits per heavy atom. The van der Waals surface area contributed by atoms with E-state index in [1.807, 2.05) is 53.4 Å². The number of rotatable bonds is 4. The van der Waals surface area contributed by atoms with Gasteiger partial charge in [-0.3, -0.25) is 4.79 Å². The summed E-state index contributed by atoms with van der Waals surface area (Å²) in [6, 6.07) is 15.4. The Hall–Kier alpha value is -2.31. The summed E-state index contributed by atoms with van der Waals surface area (Å²) in [7, 11) is 0. The molecule has 1 N–H and O–H groups in total. The number of aliphatic hydroxyl groups excluding tert-OH is 1. The molecule has 0 aliphatic carbocycles. The maximum absolute atomic E-state index is 12.9. The van der Waals surface area contributed by atoms with Crippen LogP contribution in [0.1, 0.15) is 28.8 Å². The van der Waals surface area contributed by atoms with Crippen LogP contribution >= 0.6 is 11.8 Å². The molecule has 1 aliphatic heterocycles. The van der Waals surface area contributed by atoms with Gasteiger partial charge in [0.15, 0.2) is 5.58 Å². The highest BCUT2D eigenvalue weighted by Crippen LogP contribution is 2.28. The lowest BCUT2D eigenvalue weighted by Crippen LogP contribution is -2.40. The number of carbonyl (C=O) groups is 1. The number of oxazole rings is 1. The van der Waals surface area contributed by atoms with Crippen LogP contribution in [-0.2, 0) is 5.75 Å². The van der Waals surface area contributed by atoms with Gasteiger partial charge in [0.25, 0.3) is 11.1 Å². The fourth-order valence-electron chi connectivity index (χ4n) is 3.15. The van der Waals surface area contributed by atoms with E-state index >= 15 is 0 Å². The maximum Gasteiger partial charge on any atom is 0.257 e. The third kappa shape index (κ3) is 3.61. The molecule has 3 aromatic rings. The SMILES string of the molecule is O=C(c1ccccc1CSc1nc2ccccc2o1)N1CCC(O)CC1. The van der Waals surface area contributed by atoms with Crippen LogP contribution in [0, 0.1) is 0 Å². The fourth-order valence-corrected chi connectivity index (χ4v) is 3.99. The van der Waals surface area contributed by atoms with Crippen LogP contribution in [0.3, 0.4) is 0 Å². The van der Waals surface area contributed by atoms with Gasteiger partial charge < -0.3 is 14.4 Å². The number of nitrogens with zero attached hydrogens (tertiary/aromatic N) is 2. The maximum atomic E-state index is 12.9. The Labute approximate surface area is 156 Å². The number of hydrogen-bond donors (Lipinski definition) is 1. The molecule has 0 unspecified atom stereocenters. The molecule has 1 aromatic heterocycles. The van der Waals surface area contributed by atoms with Gasteiger partial charge in [-0.1, -0.05) is 42.1 Å². The van der Waals surface area contributed by atoms with Crippen LogP contribution in [0.5, 0.6) is 0 Å². The molecule has 5 nitrogen and oxygen atoms in total. The van der Waals surface area contributed by atoms with E-state index < -0.39 is 0 Å². The fraction of sp³-hybridized carbons (Fsp3) is 0.300. The highest BCUT2D eigenvalue weighted by atomic mass is 32.2. The zero-order chi connectivity index (χ0) is 17.9. The summed E-state index contributed by atoms with van der Waals surface area (Å²) >= 11 is 1.49. The predicted octanol–water partition coefficient (Wildman–Crippen LogP) is 3.72. The second kappa shape index (κ2) is 7.51. The molecule has 0 bridgehead atoms. The van der Waals surface area contributed by atoms with Crippen molar-refractivity contribution in [2.75, 3.05) is 13.1 Å². The van der Waals surface area contributed by atoms with Gasteiger partial charge in [-0.25, -0.2) is 4.98 Å². The predicted molar refractivity (Wildman–Crippen MR) is 101 cm³/mol. The second-order valence-corrected chi connectivity index (χ2v) is 7.34. The van der Waals surface area contributed by atoms with Crippen LogP contribution < -0.4 is 0 Å². The van der Waals surface area contributed by atoms with E-state index in [2.05, 4.69) is 4.98 Å². The number of aliphatic hydroxyl groups is 1. The van der Waals surface area contributed by atoms with Gasteiger partial charge in [-0.05, 0) is 36.6 Å². The first-order valence-electron chi connectivity index (χ1n) is 8.74. The zero-order valence-electron chi connectivity index (χ0n) is 14.3. The van der Waals surface area contributed by atoms with Crippen molar-refractivity contribution in [3.63, 3.8) is 0 Å². The van der Waals surface area contributed by atoms with Crippen molar-refractivity contribution in [2.45, 2.75) is 29.9 Å². The van der Waals surface area contributed by atoms with Crippen LogP contribution in [0.4, 0.5) is 0 Å². The molecule has 0 atom stereocenters. The molecule has 2 aromatic carbocycles. The minimum atomic E-state index is -0.288. The van der Waals surface area contributed by atoms with E-state index in [1.165, 1.54) is 11.8 Å². The summed E-state index contributed by atoms with van der Waals surface area (Å²) < 4.78 is 5.75. The second-order valence-electron chi connectivity index (χ2n) is 6.42. The smallest absolute Gasteiger partial charge is 0.257 e. The third-order valence-electron chi connectivity index (χ3n) is 4.62. The molecule has 134 valence electrons. The minimum Gasteiger partial charge on any atom is -0.431 e. The molecule has 0 saturated carbocycles. The zero-order valence-corrected chi connectivity index (χ0v) is 15.1. The Morgan fingerprint density at radius 2 is 1.88 bits per heavy atom. The molecular formula is C20H20N2O3S. The standard InChI is InChI=1S/C20H20N2O3S/c23-15-9-11-22(12-10-15)19(24)16-6-2-1-5-14(16)13-26-20-21-17-7-3-4-8-18(17)25-20/h1-8,15,23H,9-13H2. The summed E-state index contributed by atoms with van der Waals surface area (Å²) in [4.78, 5) is 19.2. The van der Waals surface area contributed by atoms with Crippen molar-refractivity contribution in [3.05, 3.63) is 59.7 Å². The molecule has 2 heterocycles. The summed E-state index contributed by atoms with van der Waals surface area (Å²) in [5.74, 6) is 0.649. The number of fused-ring (bicyclic) bond motifs is 1. The number of carbonyl (C=O) groups excluding carboxylic acids is 1. The summed E-state index contributed by atoms with van der Waals surface area (Å²) in [6.07, 6.45) is 1.00. The summed E-state index contributed by atoms with van der Waals surface area (Å²) in [5.41, 5.74) is 3.29. The Bertz CT molecular complexity index is 883. The Kier molecular flexibility index (Phi) is 4.95. The van der Waals surface area contributed by atoms with Crippen LogP contribution in [-0.4, -0.2) is 40.1 Å². The molecule has 0 spiro atoms. The number of likely N-dealkylation sites (tertiary alicyclic amines) is 1. The first kappa shape index (κ1) is 17.1. The van der Waals surface area contributed by atoms with Crippen LogP contribution in [0.25, 0.3) is 11.1 Å². The van der Waals surface area contributed by atoms with E-state index in [0.29, 0.717) is 42.5 Å². The lowest BCUT2D eigenvalue weighted by Gasteiger charge is -2.30. The van der Waals surface area contributed by atoms with Gasteiger partial charge in [-0.2, -0.15) is 0 Å². The molecule has 1 saturated heterocycles. The van der Waals surface area contributed by atoms with Crippen molar-refractivity contribution in [1.29, 1.82) is 0 Å². The van der Waals surface area contributed by atoms with Gasteiger partial charge in [-0.15, -0.1) is 0 Å². The van der Waals surface area contributed by atoms with Gasteiger partial charge in [0.2, 0.25) is 0 Å². The Balaban J connectivity index is 1.49. The number of amides is 1. The van der Waals surface area contributed by atoms with Crippen molar-refractivity contribution in [1.82, 2.24) is 9.88 Å². The first-order chi connectivity index (χ1) is 12.7. The molecule has 26 heavy (non-hydrogen) atoms. The van der Waals surface area contributed by atoms with Crippen molar-refractivity contribution in [2.24, 2.45) is 0 Å². The van der Waals surface area contributed by atoms with Crippen molar-refractivity contribution >= 4 is 28.8 Å². The van der Waals surface area contributed by atoms with E-state index in [0.717, 1.165) is 16.7 Å². The van der Waals surface area contributed by atoms with Crippen molar-refractivity contribution in [3.8, 4) is 0 Å². The van der Waals surface area contributed by atoms with Gasteiger partial charge >= 0.3 is 0 Å². The average molecular weight is 368 g/mol. The number of hydrogen-bond acceptors (Lipinski definition) is 5. The number of aromatic nitrogens is 1. The summed E-state index contributed by atoms with van der Waals surface area (Å²) in [6.45, 7) is 1.21. The van der Waals surface area contributed by atoms with E-state index in [1.54, 1.807) is 0 Å². The molecule has 4 rings (SSSR count). The molecule has 1 fully saturated rings. The number of piperidine rings is 1. The number of benzene rings is 2. The monoisotopic (exact) mass is 368 g/mol. The van der Waals surface area contributed by atoms with Crippen LogP contribution in [0.15, 0.2) is 58.2 Å². The van der Waals surface area contributed by atoms with Crippen molar-refractivity contribution < 1.29 is 14.3 Å². The molecule has 1 aliphatic rings. The average Bonchev–Trinajstić information content (AvgIpc) is 3.10. The quantitative estimate of drug-likeness (QED) is 0.711. The topological polar surface area (TPSA) is 66.6 Å². The molecular weight excluding hydrogens is 348 g/mol.